The largest absolute Gasteiger partial charge is 0.507 e. The van der Waals surface area contributed by atoms with Gasteiger partial charge in [0.1, 0.15) is 11.6 Å². The Bertz CT molecular complexity index is 801. The summed E-state index contributed by atoms with van der Waals surface area (Å²) in [7, 11) is -3.91. The van der Waals surface area contributed by atoms with Crippen molar-refractivity contribution in [2.45, 2.75) is 25.7 Å². The van der Waals surface area contributed by atoms with Crippen molar-refractivity contribution in [1.29, 1.82) is 0 Å². The maximum absolute atomic E-state index is 13.5. The maximum Gasteiger partial charge on any atom is 0.262 e. The number of aryl methyl sites for hydroxylation is 2. The van der Waals surface area contributed by atoms with E-state index in [9.17, 15) is 17.9 Å². The predicted molar refractivity (Wildman–Crippen MR) is 79.5 cm³/mol. The average Bonchev–Trinajstić information content (AvgIpc) is 2.42. The normalized spacial score (nSPS) is 11.4. The van der Waals surface area contributed by atoms with Crippen molar-refractivity contribution in [1.82, 2.24) is 0 Å². The van der Waals surface area contributed by atoms with Gasteiger partial charge in [0.2, 0.25) is 0 Å². The van der Waals surface area contributed by atoms with E-state index in [0.717, 1.165) is 6.07 Å². The van der Waals surface area contributed by atoms with Crippen molar-refractivity contribution in [3.05, 3.63) is 52.8 Å². The molecule has 0 unspecified atom stereocenters. The van der Waals surface area contributed by atoms with Gasteiger partial charge in [-0.05, 0) is 50.1 Å². The Kier molecular flexibility index (Phi) is 3.91. The van der Waals surface area contributed by atoms with Crippen molar-refractivity contribution in [3.63, 3.8) is 0 Å². The lowest BCUT2D eigenvalue weighted by atomic mass is 10.1. The summed E-state index contributed by atoms with van der Waals surface area (Å²) in [4.78, 5) is -0.162. The molecule has 0 bridgehead atoms. The molecule has 4 nitrogen and oxygen atoms in total. The van der Waals surface area contributed by atoms with E-state index in [0.29, 0.717) is 16.7 Å². The Hall–Kier alpha value is -2.08. The molecule has 6 heteroatoms. The van der Waals surface area contributed by atoms with Gasteiger partial charge in [-0.3, -0.25) is 4.72 Å². The van der Waals surface area contributed by atoms with E-state index in [1.807, 2.05) is 0 Å². The standard InChI is InChI=1S/C15H16FNO3S/c1-9-4-6-12(8-13(9)16)21(19,20)17-14-7-5-10(2)15(18)11(14)3/h4-8,17-18H,1-3H3. The van der Waals surface area contributed by atoms with Gasteiger partial charge in [-0.15, -0.1) is 0 Å². The lowest BCUT2D eigenvalue weighted by Gasteiger charge is -2.13. The lowest BCUT2D eigenvalue weighted by Crippen LogP contribution is -2.14. The predicted octanol–water partition coefficient (Wildman–Crippen LogP) is 3.26. The molecular formula is C15H16FNO3S. The van der Waals surface area contributed by atoms with Gasteiger partial charge < -0.3 is 5.11 Å². The Balaban J connectivity index is 2.42. The van der Waals surface area contributed by atoms with Gasteiger partial charge in [0, 0.05) is 5.56 Å². The quantitative estimate of drug-likeness (QED) is 0.914. The number of rotatable bonds is 3. The van der Waals surface area contributed by atoms with E-state index >= 15 is 0 Å². The van der Waals surface area contributed by atoms with E-state index in [2.05, 4.69) is 4.72 Å². The number of halogens is 1. The van der Waals surface area contributed by atoms with Gasteiger partial charge in [0.25, 0.3) is 10.0 Å². The number of anilines is 1. The van der Waals surface area contributed by atoms with Crippen molar-refractivity contribution >= 4 is 15.7 Å². The minimum absolute atomic E-state index is 0.0327. The molecule has 0 saturated carbocycles. The van der Waals surface area contributed by atoms with Gasteiger partial charge in [-0.25, -0.2) is 12.8 Å². The van der Waals surface area contributed by atoms with E-state index in [1.165, 1.54) is 12.1 Å². The maximum atomic E-state index is 13.5. The Morgan fingerprint density at radius 2 is 1.67 bits per heavy atom. The smallest absolute Gasteiger partial charge is 0.262 e. The average molecular weight is 309 g/mol. The van der Waals surface area contributed by atoms with Crippen LogP contribution in [0.1, 0.15) is 16.7 Å². The summed E-state index contributed by atoms with van der Waals surface area (Å²) >= 11 is 0. The monoisotopic (exact) mass is 309 g/mol. The summed E-state index contributed by atoms with van der Waals surface area (Å²) in [6.07, 6.45) is 0. The number of benzene rings is 2. The molecule has 0 radical (unpaired) electrons. The molecule has 0 aliphatic rings. The Morgan fingerprint density at radius 3 is 2.29 bits per heavy atom. The second-order valence-electron chi connectivity index (χ2n) is 4.92. The topological polar surface area (TPSA) is 66.4 Å². The minimum atomic E-state index is -3.91. The molecular weight excluding hydrogens is 293 g/mol. The number of nitrogens with one attached hydrogen (secondary N) is 1. The zero-order valence-electron chi connectivity index (χ0n) is 11.9. The van der Waals surface area contributed by atoms with Crippen LogP contribution in [0.4, 0.5) is 10.1 Å². The van der Waals surface area contributed by atoms with Crippen molar-refractivity contribution in [2.75, 3.05) is 4.72 Å². The van der Waals surface area contributed by atoms with Crippen LogP contribution < -0.4 is 4.72 Å². The summed E-state index contributed by atoms with van der Waals surface area (Å²) in [5, 5.41) is 9.84. The number of phenolic OH excluding ortho intramolecular Hbond substituents is 1. The summed E-state index contributed by atoms with van der Waals surface area (Å²) in [5.41, 5.74) is 1.71. The first-order chi connectivity index (χ1) is 9.72. The Morgan fingerprint density at radius 1 is 1.05 bits per heavy atom. The molecule has 0 aromatic heterocycles. The van der Waals surface area contributed by atoms with Gasteiger partial charge in [0.05, 0.1) is 10.6 Å². The van der Waals surface area contributed by atoms with Crippen LogP contribution in [0.15, 0.2) is 35.2 Å². The number of phenols is 1. The molecule has 0 saturated heterocycles. The van der Waals surface area contributed by atoms with E-state index < -0.39 is 15.8 Å². The zero-order chi connectivity index (χ0) is 15.8. The summed E-state index contributed by atoms with van der Waals surface area (Å²) < 4.78 is 40.4. The highest BCUT2D eigenvalue weighted by Gasteiger charge is 2.18. The van der Waals surface area contributed by atoms with Crippen molar-refractivity contribution in [3.8, 4) is 5.75 Å². The second-order valence-corrected chi connectivity index (χ2v) is 6.60. The SMILES string of the molecule is Cc1ccc(S(=O)(=O)Nc2ccc(C)c(O)c2C)cc1F. The number of hydrogen-bond acceptors (Lipinski definition) is 3. The fourth-order valence-electron chi connectivity index (χ4n) is 1.89. The summed E-state index contributed by atoms with van der Waals surface area (Å²) in [6.45, 7) is 4.88. The third-order valence-corrected chi connectivity index (χ3v) is 4.69. The van der Waals surface area contributed by atoms with Crippen molar-refractivity contribution in [2.24, 2.45) is 0 Å². The second kappa shape index (κ2) is 5.37. The van der Waals surface area contributed by atoms with Gasteiger partial charge in [-0.2, -0.15) is 0 Å². The molecule has 2 aromatic rings. The highest BCUT2D eigenvalue weighted by atomic mass is 32.2. The molecule has 0 aliphatic heterocycles. The zero-order valence-corrected chi connectivity index (χ0v) is 12.8. The molecule has 0 amide bonds. The van der Waals surface area contributed by atoms with Gasteiger partial charge in [0.15, 0.2) is 0 Å². The molecule has 0 atom stereocenters. The fraction of sp³-hybridized carbons (Fsp3) is 0.200. The molecule has 2 rings (SSSR count). The van der Waals surface area contributed by atoms with Crippen LogP contribution >= 0.6 is 0 Å². The highest BCUT2D eigenvalue weighted by molar-refractivity contribution is 7.92. The van der Waals surface area contributed by atoms with E-state index in [1.54, 1.807) is 32.9 Å². The summed E-state index contributed by atoms with van der Waals surface area (Å²) in [5.74, 6) is -0.549. The first kappa shape index (κ1) is 15.3. The third-order valence-electron chi connectivity index (χ3n) is 3.33. The molecule has 0 fully saturated rings. The van der Waals surface area contributed by atoms with E-state index in [4.69, 9.17) is 0 Å². The van der Waals surface area contributed by atoms with Crippen LogP contribution in [0.3, 0.4) is 0 Å². The molecule has 0 aliphatic carbocycles. The molecule has 0 heterocycles. The lowest BCUT2D eigenvalue weighted by molar-refractivity contribution is 0.467. The van der Waals surface area contributed by atoms with Crippen LogP contribution in [-0.4, -0.2) is 13.5 Å². The molecule has 112 valence electrons. The van der Waals surface area contributed by atoms with Gasteiger partial charge in [-0.1, -0.05) is 12.1 Å². The highest BCUT2D eigenvalue weighted by Crippen LogP contribution is 2.29. The van der Waals surface area contributed by atoms with Gasteiger partial charge >= 0.3 is 0 Å². The third kappa shape index (κ3) is 3.00. The number of sulfonamides is 1. The number of hydrogen-bond donors (Lipinski definition) is 2. The number of aromatic hydroxyl groups is 1. The minimum Gasteiger partial charge on any atom is -0.507 e. The molecule has 2 N–H and O–H groups in total. The molecule has 21 heavy (non-hydrogen) atoms. The first-order valence-electron chi connectivity index (χ1n) is 6.30. The van der Waals surface area contributed by atoms with Crippen LogP contribution in [0, 0.1) is 26.6 Å². The van der Waals surface area contributed by atoms with Crippen LogP contribution in [-0.2, 0) is 10.0 Å². The van der Waals surface area contributed by atoms with Crippen LogP contribution in [0.25, 0.3) is 0 Å². The van der Waals surface area contributed by atoms with E-state index in [-0.39, 0.29) is 16.3 Å². The molecule has 2 aromatic carbocycles. The summed E-state index contributed by atoms with van der Waals surface area (Å²) in [6, 6.07) is 6.89. The fourth-order valence-corrected chi connectivity index (χ4v) is 3.02. The Labute approximate surface area is 123 Å². The van der Waals surface area contributed by atoms with Crippen LogP contribution in [0.5, 0.6) is 5.75 Å². The molecule has 0 spiro atoms. The van der Waals surface area contributed by atoms with Crippen LogP contribution in [0.2, 0.25) is 0 Å². The first-order valence-corrected chi connectivity index (χ1v) is 7.79. The van der Waals surface area contributed by atoms with Crippen molar-refractivity contribution < 1.29 is 17.9 Å².